The third kappa shape index (κ3) is 1.49. The van der Waals surface area contributed by atoms with Crippen molar-refractivity contribution in [1.29, 1.82) is 0 Å². The van der Waals surface area contributed by atoms with Crippen molar-refractivity contribution in [3.8, 4) is 5.75 Å². The molecule has 1 heterocycles. The Bertz CT molecular complexity index is 226. The fourth-order valence-corrected chi connectivity index (χ4v) is 0.912. The number of aromatic nitrogens is 1. The van der Waals surface area contributed by atoms with E-state index in [1.54, 1.807) is 19.5 Å². The number of hydrogen-bond acceptors (Lipinski definition) is 3. The van der Waals surface area contributed by atoms with Gasteiger partial charge in [-0.05, 0) is 12.5 Å². The molecule has 0 spiro atoms. The highest BCUT2D eigenvalue weighted by atomic mass is 16.5. The van der Waals surface area contributed by atoms with Crippen molar-refractivity contribution in [3.05, 3.63) is 23.5 Å². The van der Waals surface area contributed by atoms with E-state index in [4.69, 9.17) is 9.84 Å². The second kappa shape index (κ2) is 3.34. The summed E-state index contributed by atoms with van der Waals surface area (Å²) in [4.78, 5) is 3.90. The zero-order valence-electron chi connectivity index (χ0n) is 6.66. The standard InChI is InChI=1S/C8H11NO2/c1-6-7(5-10)3-9-4-8(6)11-2/h3-4,10H,5H2,1-2H3. The van der Waals surface area contributed by atoms with Crippen LogP contribution in [0.1, 0.15) is 11.1 Å². The molecule has 3 heteroatoms. The molecule has 3 nitrogen and oxygen atoms in total. The van der Waals surface area contributed by atoms with Gasteiger partial charge >= 0.3 is 0 Å². The van der Waals surface area contributed by atoms with Crippen molar-refractivity contribution in [2.24, 2.45) is 0 Å². The van der Waals surface area contributed by atoms with Gasteiger partial charge < -0.3 is 9.84 Å². The normalized spacial score (nSPS) is 9.73. The van der Waals surface area contributed by atoms with E-state index in [0.29, 0.717) is 0 Å². The average molecular weight is 153 g/mol. The molecule has 11 heavy (non-hydrogen) atoms. The Balaban J connectivity index is 3.10. The maximum Gasteiger partial charge on any atom is 0.140 e. The summed E-state index contributed by atoms with van der Waals surface area (Å²) in [5, 5.41) is 8.84. The van der Waals surface area contributed by atoms with Crippen LogP contribution in [-0.2, 0) is 6.61 Å². The zero-order chi connectivity index (χ0) is 8.27. The van der Waals surface area contributed by atoms with Crippen molar-refractivity contribution in [2.75, 3.05) is 7.11 Å². The molecule has 0 fully saturated rings. The van der Waals surface area contributed by atoms with Crippen LogP contribution in [0.15, 0.2) is 12.4 Å². The highest BCUT2D eigenvalue weighted by molar-refractivity contribution is 5.35. The lowest BCUT2D eigenvalue weighted by Gasteiger charge is -2.06. The number of nitrogens with zero attached hydrogens (tertiary/aromatic N) is 1. The molecule has 1 aromatic rings. The lowest BCUT2D eigenvalue weighted by molar-refractivity contribution is 0.279. The SMILES string of the molecule is COc1cncc(CO)c1C. The summed E-state index contributed by atoms with van der Waals surface area (Å²) in [5.41, 5.74) is 1.76. The number of ether oxygens (including phenoxy) is 1. The molecule has 0 radical (unpaired) electrons. The molecule has 0 aliphatic rings. The predicted molar refractivity (Wildman–Crippen MR) is 41.4 cm³/mol. The number of aliphatic hydroxyl groups excluding tert-OH is 1. The van der Waals surface area contributed by atoms with Gasteiger partial charge in [-0.3, -0.25) is 4.98 Å². The second-order valence-electron chi connectivity index (χ2n) is 2.28. The third-order valence-corrected chi connectivity index (χ3v) is 1.66. The summed E-state index contributed by atoms with van der Waals surface area (Å²) in [7, 11) is 1.59. The Kier molecular flexibility index (Phi) is 2.44. The Morgan fingerprint density at radius 1 is 1.55 bits per heavy atom. The van der Waals surface area contributed by atoms with Crippen molar-refractivity contribution in [1.82, 2.24) is 4.98 Å². The van der Waals surface area contributed by atoms with Crippen LogP contribution < -0.4 is 4.74 Å². The molecule has 1 rings (SSSR count). The summed E-state index contributed by atoms with van der Waals surface area (Å²) < 4.78 is 5.01. The maximum atomic E-state index is 8.84. The van der Waals surface area contributed by atoms with Crippen LogP contribution in [0.4, 0.5) is 0 Å². The number of hydrogen-bond donors (Lipinski definition) is 1. The van der Waals surface area contributed by atoms with Crippen LogP contribution >= 0.6 is 0 Å². The van der Waals surface area contributed by atoms with Crippen molar-refractivity contribution in [3.63, 3.8) is 0 Å². The highest BCUT2D eigenvalue weighted by Gasteiger charge is 2.02. The van der Waals surface area contributed by atoms with Crippen LogP contribution in [0.2, 0.25) is 0 Å². The summed E-state index contributed by atoms with van der Waals surface area (Å²) in [6.45, 7) is 1.90. The van der Waals surface area contributed by atoms with Gasteiger partial charge in [0.25, 0.3) is 0 Å². The Hall–Kier alpha value is -1.09. The molecule has 60 valence electrons. The van der Waals surface area contributed by atoms with Crippen molar-refractivity contribution < 1.29 is 9.84 Å². The largest absolute Gasteiger partial charge is 0.495 e. The first-order valence-electron chi connectivity index (χ1n) is 3.38. The fourth-order valence-electron chi connectivity index (χ4n) is 0.912. The van der Waals surface area contributed by atoms with Gasteiger partial charge in [-0.2, -0.15) is 0 Å². The summed E-state index contributed by atoms with van der Waals surface area (Å²) in [6.07, 6.45) is 3.27. The van der Waals surface area contributed by atoms with E-state index in [-0.39, 0.29) is 6.61 Å². The minimum atomic E-state index is 0.00995. The quantitative estimate of drug-likeness (QED) is 0.686. The second-order valence-corrected chi connectivity index (χ2v) is 2.28. The molecular formula is C8H11NO2. The molecule has 0 saturated heterocycles. The molecule has 0 bridgehead atoms. The van der Waals surface area contributed by atoms with Crippen molar-refractivity contribution >= 4 is 0 Å². The topological polar surface area (TPSA) is 42.4 Å². The number of pyridine rings is 1. The molecule has 1 N–H and O–H groups in total. The van der Waals surface area contributed by atoms with Crippen LogP contribution in [0.3, 0.4) is 0 Å². The summed E-state index contributed by atoms with van der Waals surface area (Å²) in [5.74, 6) is 0.719. The van der Waals surface area contributed by atoms with Gasteiger partial charge in [0.15, 0.2) is 0 Å². The molecule has 0 amide bonds. The molecule has 1 aromatic heterocycles. The molecule has 0 atom stereocenters. The zero-order valence-corrected chi connectivity index (χ0v) is 6.66. The average Bonchev–Trinajstić information content (AvgIpc) is 2.05. The smallest absolute Gasteiger partial charge is 0.140 e. The molecular weight excluding hydrogens is 142 g/mol. The first-order valence-corrected chi connectivity index (χ1v) is 3.38. The Morgan fingerprint density at radius 2 is 2.27 bits per heavy atom. The molecule has 0 aromatic carbocycles. The highest BCUT2D eigenvalue weighted by Crippen LogP contribution is 2.18. The van der Waals surface area contributed by atoms with Crippen LogP contribution in [-0.4, -0.2) is 17.2 Å². The van der Waals surface area contributed by atoms with E-state index in [1.165, 1.54) is 0 Å². The Morgan fingerprint density at radius 3 is 2.82 bits per heavy atom. The summed E-state index contributed by atoms with van der Waals surface area (Å²) >= 11 is 0. The minimum Gasteiger partial charge on any atom is -0.495 e. The van der Waals surface area contributed by atoms with Crippen LogP contribution in [0, 0.1) is 6.92 Å². The minimum absolute atomic E-state index is 0.00995. The van der Waals surface area contributed by atoms with Gasteiger partial charge in [-0.15, -0.1) is 0 Å². The number of methoxy groups -OCH3 is 1. The number of aliphatic hydroxyl groups is 1. The molecule has 0 aliphatic heterocycles. The monoisotopic (exact) mass is 153 g/mol. The Labute approximate surface area is 65.7 Å². The molecule has 0 aliphatic carbocycles. The van der Waals surface area contributed by atoms with Gasteiger partial charge in [-0.25, -0.2) is 0 Å². The fraction of sp³-hybridized carbons (Fsp3) is 0.375. The molecule has 0 unspecified atom stereocenters. The van der Waals surface area contributed by atoms with Crippen molar-refractivity contribution in [2.45, 2.75) is 13.5 Å². The van der Waals surface area contributed by atoms with Gasteiger partial charge in [0.2, 0.25) is 0 Å². The van der Waals surface area contributed by atoms with Crippen LogP contribution in [0.5, 0.6) is 5.75 Å². The van der Waals surface area contributed by atoms with E-state index >= 15 is 0 Å². The first-order chi connectivity index (χ1) is 5.29. The van der Waals surface area contributed by atoms with E-state index in [9.17, 15) is 0 Å². The molecule has 0 saturated carbocycles. The summed E-state index contributed by atoms with van der Waals surface area (Å²) in [6, 6.07) is 0. The lowest BCUT2D eigenvalue weighted by atomic mass is 10.1. The maximum absolute atomic E-state index is 8.84. The van der Waals surface area contributed by atoms with Gasteiger partial charge in [-0.1, -0.05) is 0 Å². The third-order valence-electron chi connectivity index (χ3n) is 1.66. The van der Waals surface area contributed by atoms with E-state index in [1.807, 2.05) is 6.92 Å². The first kappa shape index (κ1) is 8.01. The van der Waals surface area contributed by atoms with Gasteiger partial charge in [0, 0.05) is 11.8 Å². The predicted octanol–water partition coefficient (Wildman–Crippen LogP) is 0.891. The van der Waals surface area contributed by atoms with E-state index in [2.05, 4.69) is 4.98 Å². The van der Waals surface area contributed by atoms with E-state index in [0.717, 1.165) is 16.9 Å². The van der Waals surface area contributed by atoms with E-state index < -0.39 is 0 Å². The van der Waals surface area contributed by atoms with Gasteiger partial charge in [0.1, 0.15) is 5.75 Å². The van der Waals surface area contributed by atoms with Crippen LogP contribution in [0.25, 0.3) is 0 Å². The number of rotatable bonds is 2. The lowest BCUT2D eigenvalue weighted by Crippen LogP contribution is -1.94. The van der Waals surface area contributed by atoms with Gasteiger partial charge in [0.05, 0.1) is 19.9 Å².